The molecule has 1 atom stereocenters. The molecule has 0 aliphatic carbocycles. The Morgan fingerprint density at radius 1 is 1.15 bits per heavy atom. The number of rotatable bonds is 4. The molecular weight excluding hydrogens is 356 g/mol. The molecule has 1 fully saturated rings. The van der Waals surface area contributed by atoms with Gasteiger partial charge >= 0.3 is 0 Å². The van der Waals surface area contributed by atoms with Crippen molar-refractivity contribution in [3.8, 4) is 11.3 Å². The molecular formula is C21H20N4OS. The second-order valence-corrected chi connectivity index (χ2v) is 8.07. The summed E-state index contributed by atoms with van der Waals surface area (Å²) in [6, 6.07) is 14.3. The number of pyridine rings is 1. The largest absolute Gasteiger partial charge is 0.359 e. The van der Waals surface area contributed by atoms with Crippen LogP contribution in [0.1, 0.15) is 29.5 Å². The Morgan fingerprint density at radius 2 is 2.04 bits per heavy atom. The SMILES string of the molecule is c1ccc2sc(C3CCCN(Cc4cc(-c5ccncc5)no4)C3)nc2c1. The normalized spacial score (nSPS) is 18.1. The monoisotopic (exact) mass is 376 g/mol. The zero-order valence-corrected chi connectivity index (χ0v) is 15.7. The predicted molar refractivity (Wildman–Crippen MR) is 107 cm³/mol. The second-order valence-electron chi connectivity index (χ2n) is 7.01. The highest BCUT2D eigenvalue weighted by Gasteiger charge is 2.25. The molecule has 1 aliphatic rings. The Hall–Kier alpha value is -2.57. The molecule has 1 aliphatic heterocycles. The van der Waals surface area contributed by atoms with Crippen LogP contribution in [0.15, 0.2) is 59.4 Å². The van der Waals surface area contributed by atoms with Gasteiger partial charge < -0.3 is 4.52 Å². The first-order chi connectivity index (χ1) is 13.3. The van der Waals surface area contributed by atoms with E-state index in [1.807, 2.05) is 29.5 Å². The molecule has 0 bridgehead atoms. The summed E-state index contributed by atoms with van der Waals surface area (Å²) in [5, 5.41) is 5.48. The summed E-state index contributed by atoms with van der Waals surface area (Å²) in [7, 11) is 0. The van der Waals surface area contributed by atoms with Crippen LogP contribution in [0.3, 0.4) is 0 Å². The van der Waals surface area contributed by atoms with Crippen LogP contribution < -0.4 is 0 Å². The van der Waals surface area contributed by atoms with Crippen molar-refractivity contribution in [2.75, 3.05) is 13.1 Å². The number of nitrogens with zero attached hydrogens (tertiary/aromatic N) is 4. The lowest BCUT2D eigenvalue weighted by Crippen LogP contribution is -2.33. The summed E-state index contributed by atoms with van der Waals surface area (Å²) < 4.78 is 6.87. The van der Waals surface area contributed by atoms with E-state index < -0.39 is 0 Å². The number of likely N-dealkylation sites (tertiary alicyclic amines) is 1. The summed E-state index contributed by atoms with van der Waals surface area (Å²) in [4.78, 5) is 11.4. The average Bonchev–Trinajstić information content (AvgIpc) is 3.36. The minimum Gasteiger partial charge on any atom is -0.359 e. The maximum Gasteiger partial charge on any atom is 0.151 e. The summed E-state index contributed by atoms with van der Waals surface area (Å²) >= 11 is 1.83. The highest BCUT2D eigenvalue weighted by molar-refractivity contribution is 7.18. The van der Waals surface area contributed by atoms with Crippen LogP contribution in [0.4, 0.5) is 0 Å². The zero-order chi connectivity index (χ0) is 18.1. The average molecular weight is 376 g/mol. The Labute approximate surface area is 161 Å². The van der Waals surface area contributed by atoms with E-state index in [1.165, 1.54) is 22.5 Å². The number of piperidine rings is 1. The Balaban J connectivity index is 1.29. The quantitative estimate of drug-likeness (QED) is 0.515. The van der Waals surface area contributed by atoms with E-state index in [2.05, 4.69) is 39.3 Å². The van der Waals surface area contributed by atoms with Gasteiger partial charge in [-0.15, -0.1) is 11.3 Å². The lowest BCUT2D eigenvalue weighted by molar-refractivity contribution is 0.180. The number of benzene rings is 1. The minimum atomic E-state index is 0.499. The maximum absolute atomic E-state index is 5.59. The van der Waals surface area contributed by atoms with E-state index in [0.29, 0.717) is 5.92 Å². The number of fused-ring (bicyclic) bond motifs is 1. The van der Waals surface area contributed by atoms with Crippen LogP contribution in [0.25, 0.3) is 21.5 Å². The fourth-order valence-electron chi connectivity index (χ4n) is 3.73. The number of para-hydroxylation sites is 1. The fraction of sp³-hybridized carbons (Fsp3) is 0.286. The molecule has 4 aromatic rings. The maximum atomic E-state index is 5.59. The molecule has 6 heteroatoms. The summed E-state index contributed by atoms with van der Waals surface area (Å²) in [6.45, 7) is 2.90. The van der Waals surface area contributed by atoms with Crippen molar-refractivity contribution >= 4 is 21.6 Å². The first-order valence-corrected chi connectivity index (χ1v) is 10.1. The lowest BCUT2D eigenvalue weighted by atomic mass is 9.98. The van der Waals surface area contributed by atoms with Crippen molar-refractivity contribution in [3.05, 3.63) is 65.6 Å². The molecule has 27 heavy (non-hydrogen) atoms. The molecule has 0 saturated carbocycles. The molecule has 0 spiro atoms. The molecule has 0 N–H and O–H groups in total. The van der Waals surface area contributed by atoms with E-state index in [4.69, 9.17) is 9.51 Å². The molecule has 4 heterocycles. The van der Waals surface area contributed by atoms with Gasteiger partial charge in [0.1, 0.15) is 5.69 Å². The van der Waals surface area contributed by atoms with E-state index in [0.717, 1.165) is 42.2 Å². The first kappa shape index (κ1) is 16.6. The van der Waals surface area contributed by atoms with Crippen molar-refractivity contribution in [2.45, 2.75) is 25.3 Å². The molecule has 5 nitrogen and oxygen atoms in total. The highest BCUT2D eigenvalue weighted by atomic mass is 32.1. The second kappa shape index (κ2) is 7.21. The Kier molecular flexibility index (Phi) is 4.43. The van der Waals surface area contributed by atoms with Crippen LogP contribution in [0, 0.1) is 0 Å². The van der Waals surface area contributed by atoms with Crippen LogP contribution in [0.5, 0.6) is 0 Å². The molecule has 0 amide bonds. The smallest absolute Gasteiger partial charge is 0.151 e. The summed E-state index contributed by atoms with van der Waals surface area (Å²) in [6.07, 6.45) is 5.94. The molecule has 136 valence electrons. The molecule has 5 rings (SSSR count). The lowest BCUT2D eigenvalue weighted by Gasteiger charge is -2.30. The number of thiazole rings is 1. The van der Waals surface area contributed by atoms with Gasteiger partial charge in [-0.1, -0.05) is 17.3 Å². The third-order valence-corrected chi connectivity index (χ3v) is 6.28. The molecule has 1 aromatic carbocycles. The van der Waals surface area contributed by atoms with E-state index in [1.54, 1.807) is 12.4 Å². The number of hydrogen-bond donors (Lipinski definition) is 0. The number of hydrogen-bond acceptors (Lipinski definition) is 6. The van der Waals surface area contributed by atoms with Crippen molar-refractivity contribution in [3.63, 3.8) is 0 Å². The van der Waals surface area contributed by atoms with Crippen LogP contribution >= 0.6 is 11.3 Å². The van der Waals surface area contributed by atoms with E-state index in [9.17, 15) is 0 Å². The van der Waals surface area contributed by atoms with Gasteiger partial charge in [-0.25, -0.2) is 4.98 Å². The topological polar surface area (TPSA) is 55.1 Å². The molecule has 1 unspecified atom stereocenters. The van der Waals surface area contributed by atoms with Crippen LogP contribution in [-0.2, 0) is 6.54 Å². The van der Waals surface area contributed by atoms with Gasteiger partial charge in [0.15, 0.2) is 5.76 Å². The van der Waals surface area contributed by atoms with Crippen LogP contribution in [-0.4, -0.2) is 33.1 Å². The van der Waals surface area contributed by atoms with Crippen LogP contribution in [0.2, 0.25) is 0 Å². The van der Waals surface area contributed by atoms with Crippen molar-refractivity contribution in [2.24, 2.45) is 0 Å². The third kappa shape index (κ3) is 3.50. The van der Waals surface area contributed by atoms with Crippen molar-refractivity contribution < 1.29 is 4.52 Å². The van der Waals surface area contributed by atoms with E-state index >= 15 is 0 Å². The van der Waals surface area contributed by atoms with Crippen molar-refractivity contribution in [1.82, 2.24) is 20.0 Å². The van der Waals surface area contributed by atoms with Gasteiger partial charge in [-0.3, -0.25) is 9.88 Å². The van der Waals surface area contributed by atoms with Gasteiger partial charge in [-0.05, 0) is 43.7 Å². The van der Waals surface area contributed by atoms with E-state index in [-0.39, 0.29) is 0 Å². The van der Waals surface area contributed by atoms with Gasteiger partial charge in [0.2, 0.25) is 0 Å². The van der Waals surface area contributed by atoms with Gasteiger partial charge in [0.25, 0.3) is 0 Å². The molecule has 3 aromatic heterocycles. The van der Waals surface area contributed by atoms with Gasteiger partial charge in [0, 0.05) is 36.5 Å². The van der Waals surface area contributed by atoms with Gasteiger partial charge in [-0.2, -0.15) is 0 Å². The Bertz CT molecular complexity index is 1010. The highest BCUT2D eigenvalue weighted by Crippen LogP contribution is 2.33. The number of aromatic nitrogens is 3. The fourth-order valence-corrected chi connectivity index (χ4v) is 4.83. The first-order valence-electron chi connectivity index (χ1n) is 9.29. The molecule has 0 radical (unpaired) electrons. The Morgan fingerprint density at radius 3 is 2.93 bits per heavy atom. The third-order valence-electron chi connectivity index (χ3n) is 5.08. The zero-order valence-electron chi connectivity index (χ0n) is 14.9. The van der Waals surface area contributed by atoms with Gasteiger partial charge in [0.05, 0.1) is 21.8 Å². The predicted octanol–water partition coefficient (Wildman–Crippen LogP) is 4.73. The summed E-state index contributed by atoms with van der Waals surface area (Å²) in [5.41, 5.74) is 3.02. The summed E-state index contributed by atoms with van der Waals surface area (Å²) in [5.74, 6) is 1.41. The molecule has 1 saturated heterocycles. The standard InChI is InChI=1S/C21H20N4OS/c1-2-6-20-18(5-1)23-21(27-20)16-4-3-11-25(13-16)14-17-12-19(24-26-17)15-7-9-22-10-8-15/h1-2,5-10,12,16H,3-4,11,13-14H2. The minimum absolute atomic E-state index is 0.499. The van der Waals surface area contributed by atoms with Crippen molar-refractivity contribution in [1.29, 1.82) is 0 Å².